The molecule has 2 unspecified atom stereocenters. The molecule has 0 bridgehead atoms. The van der Waals surface area contributed by atoms with Crippen molar-refractivity contribution in [1.29, 1.82) is 0 Å². The van der Waals surface area contributed by atoms with Gasteiger partial charge in [0.15, 0.2) is 24.2 Å². The monoisotopic (exact) mass is 787 g/mol. The molecule has 2 spiro atoms. The number of hydrogen-bond acceptors (Lipinski definition) is 12. The summed E-state index contributed by atoms with van der Waals surface area (Å²) in [4.78, 5) is 0. The summed E-state index contributed by atoms with van der Waals surface area (Å²) in [6.45, 7) is 20.6. The highest BCUT2D eigenvalue weighted by atomic mass is 16.7. The highest BCUT2D eigenvalue weighted by Crippen LogP contribution is 2.45. The van der Waals surface area contributed by atoms with Crippen molar-refractivity contribution in [1.82, 2.24) is 0 Å². The van der Waals surface area contributed by atoms with Crippen molar-refractivity contribution in [3.8, 4) is 12.3 Å². The first-order valence-corrected chi connectivity index (χ1v) is 21.3. The smallest absolute Gasteiger partial charge is 0.405 e. The van der Waals surface area contributed by atoms with Gasteiger partial charge in [-0.2, -0.15) is 0 Å². The van der Waals surface area contributed by atoms with Crippen LogP contribution in [-0.4, -0.2) is 112 Å². The fourth-order valence-electron chi connectivity index (χ4n) is 8.17. The summed E-state index contributed by atoms with van der Waals surface area (Å²) in [5.74, 6) is 4.07. The minimum absolute atomic E-state index is 0.135. The van der Waals surface area contributed by atoms with Crippen molar-refractivity contribution in [2.75, 3.05) is 39.6 Å². The van der Waals surface area contributed by atoms with Gasteiger partial charge in [-0.15, -0.1) is 6.42 Å². The van der Waals surface area contributed by atoms with Gasteiger partial charge in [-0.25, -0.2) is 0 Å². The third-order valence-electron chi connectivity index (χ3n) is 13.5. The second-order valence-electron chi connectivity index (χ2n) is 18.6. The van der Waals surface area contributed by atoms with Crippen LogP contribution in [0.25, 0.3) is 0 Å². The first-order chi connectivity index (χ1) is 26.5. The molecule has 1 radical (unpaired) electrons. The lowest BCUT2D eigenvalue weighted by molar-refractivity contribution is -0.249. The number of rotatable bonds is 6. The molecule has 8 rings (SSSR count). The average Bonchev–Trinajstić information content (AvgIpc) is 3.93. The Kier molecular flexibility index (Phi) is 14.2. The molecule has 8 fully saturated rings. The Bertz CT molecular complexity index is 1290. The Morgan fingerprint density at radius 3 is 1.41 bits per heavy atom. The second kappa shape index (κ2) is 17.9. The van der Waals surface area contributed by atoms with Gasteiger partial charge in [0.1, 0.15) is 5.60 Å². The molecule has 14 heteroatoms. The van der Waals surface area contributed by atoms with Gasteiger partial charge in [-0.3, -0.25) is 0 Å². The highest BCUT2D eigenvalue weighted by Gasteiger charge is 2.52. The van der Waals surface area contributed by atoms with Crippen molar-refractivity contribution in [3.63, 3.8) is 0 Å². The fourth-order valence-corrected chi connectivity index (χ4v) is 8.17. The largest absolute Gasteiger partial charge is 0.488 e. The first kappa shape index (κ1) is 44.5. The lowest BCUT2D eigenvalue weighted by Gasteiger charge is -2.44. The summed E-state index contributed by atoms with van der Waals surface area (Å²) in [6.07, 6.45) is 20.5. The molecular weight excluding hydrogens is 718 g/mol. The van der Waals surface area contributed by atoms with Crippen molar-refractivity contribution < 1.29 is 56.5 Å². The Morgan fingerprint density at radius 2 is 1.02 bits per heavy atom. The second-order valence-corrected chi connectivity index (χ2v) is 18.6. The van der Waals surface area contributed by atoms with Gasteiger partial charge in [0.25, 0.3) is 0 Å². The lowest BCUT2D eigenvalue weighted by atomic mass is 9.77. The van der Waals surface area contributed by atoms with Gasteiger partial charge in [0, 0.05) is 38.9 Å². The lowest BCUT2D eigenvalue weighted by Crippen LogP contribution is -2.46. The highest BCUT2D eigenvalue weighted by molar-refractivity contribution is 6.51. The molecule has 12 nitrogen and oxygen atoms in total. The molecule has 6 saturated heterocycles. The summed E-state index contributed by atoms with van der Waals surface area (Å²) in [5, 5.41) is 0. The van der Waals surface area contributed by atoms with E-state index in [1.807, 2.05) is 33.7 Å². The molecule has 56 heavy (non-hydrogen) atoms. The van der Waals surface area contributed by atoms with E-state index in [9.17, 15) is 0 Å². The van der Waals surface area contributed by atoms with E-state index in [1.165, 1.54) is 7.69 Å². The van der Waals surface area contributed by atoms with Crippen molar-refractivity contribution in [2.24, 2.45) is 0 Å². The SMILES string of the molecule is C#CC1(OC2CCCCO2)CCC2(CC1)OCCO2.CC1(C)OB(/C=C/C2(OC3CCCCO3)CCC3(CC2)OCCO3)OC1(C)C.CC1(C)O[B]OC1(C)C. The zero-order valence-electron chi connectivity index (χ0n) is 35.6. The van der Waals surface area contributed by atoms with Crippen LogP contribution in [0, 0.1) is 12.3 Å². The van der Waals surface area contributed by atoms with Gasteiger partial charge < -0.3 is 56.5 Å². The zero-order chi connectivity index (χ0) is 40.2. The third kappa shape index (κ3) is 10.6. The van der Waals surface area contributed by atoms with Gasteiger partial charge in [0.05, 0.1) is 54.4 Å². The summed E-state index contributed by atoms with van der Waals surface area (Å²) < 4.78 is 70.2. The maximum absolute atomic E-state index is 6.56. The zero-order valence-corrected chi connectivity index (χ0v) is 35.6. The summed E-state index contributed by atoms with van der Waals surface area (Å²) in [6, 6.07) is 0. The molecule has 0 aromatic carbocycles. The van der Waals surface area contributed by atoms with Crippen molar-refractivity contribution >= 4 is 14.8 Å². The molecule has 6 heterocycles. The van der Waals surface area contributed by atoms with Crippen LogP contribution < -0.4 is 0 Å². The fraction of sp³-hybridized carbons (Fsp3) is 0.905. The Hall–Kier alpha value is -1.05. The van der Waals surface area contributed by atoms with E-state index in [0.29, 0.717) is 26.4 Å². The quantitative estimate of drug-likeness (QED) is 0.202. The number of terminal acetylenes is 1. The maximum Gasteiger partial charge on any atom is 0.488 e. The third-order valence-corrected chi connectivity index (χ3v) is 13.5. The van der Waals surface area contributed by atoms with Gasteiger partial charge in [-0.1, -0.05) is 18.0 Å². The standard InChI is InChI=1S/C21H35BO6.C15H22O4.C6H12BO2/c1-18(2)19(3,4)28-22(27-18)13-12-20(26-17-7-5-6-14-23-17)8-10-21(11-9-20)24-15-16-25-21;1-2-14(19-13-5-3-4-10-16-13)6-8-15(9-7-14)17-11-12-18-15;1-5(2)6(3,4)9-7-8-5/h12-13,17H,5-11,14-16H2,1-4H3;1,13H,3-12H2;1-4H3/b13-12+;;. The van der Waals surface area contributed by atoms with Gasteiger partial charge in [-0.05, 0) is 120 Å². The molecule has 6 aliphatic heterocycles. The molecule has 315 valence electrons. The van der Waals surface area contributed by atoms with Crippen LogP contribution in [-0.2, 0) is 56.5 Å². The molecule has 0 aromatic heterocycles. The van der Waals surface area contributed by atoms with Crippen LogP contribution in [0.3, 0.4) is 0 Å². The molecule has 0 aromatic rings. The predicted octanol–water partition coefficient (Wildman–Crippen LogP) is 7.12. The van der Waals surface area contributed by atoms with E-state index in [1.54, 1.807) is 0 Å². The van der Waals surface area contributed by atoms with Crippen LogP contribution >= 0.6 is 0 Å². The minimum atomic E-state index is -0.497. The number of ether oxygens (including phenoxy) is 8. The van der Waals surface area contributed by atoms with E-state index < -0.39 is 22.8 Å². The van der Waals surface area contributed by atoms with Crippen LogP contribution in [0.1, 0.15) is 145 Å². The number of hydrogen-bond donors (Lipinski definition) is 0. The molecule has 2 aliphatic carbocycles. The Balaban J connectivity index is 0.000000163. The van der Waals surface area contributed by atoms with Gasteiger partial charge in [0.2, 0.25) is 0 Å². The van der Waals surface area contributed by atoms with E-state index in [0.717, 1.165) is 103 Å². The van der Waals surface area contributed by atoms with Crippen LogP contribution in [0.5, 0.6) is 0 Å². The summed E-state index contributed by atoms with van der Waals surface area (Å²) >= 11 is 0. The van der Waals surface area contributed by atoms with E-state index in [4.69, 9.17) is 62.9 Å². The van der Waals surface area contributed by atoms with E-state index in [2.05, 4.69) is 39.7 Å². The maximum atomic E-state index is 6.56. The first-order valence-electron chi connectivity index (χ1n) is 21.3. The van der Waals surface area contributed by atoms with Crippen LogP contribution in [0.15, 0.2) is 12.1 Å². The summed E-state index contributed by atoms with van der Waals surface area (Å²) in [7, 11) is 1.05. The van der Waals surface area contributed by atoms with Gasteiger partial charge >= 0.3 is 14.8 Å². The molecule has 8 aliphatic rings. The topological polar surface area (TPSA) is 111 Å². The minimum Gasteiger partial charge on any atom is -0.405 e. The molecule has 0 amide bonds. The Labute approximate surface area is 337 Å². The van der Waals surface area contributed by atoms with E-state index >= 15 is 0 Å². The summed E-state index contributed by atoms with van der Waals surface area (Å²) in [5.41, 5.74) is -1.95. The molecular formula is C42H69B2O12. The molecule has 0 N–H and O–H groups in total. The average molecular weight is 788 g/mol. The molecule has 2 atom stereocenters. The molecule has 2 saturated carbocycles. The van der Waals surface area contributed by atoms with Crippen LogP contribution in [0.2, 0.25) is 0 Å². The van der Waals surface area contributed by atoms with Crippen molar-refractivity contribution in [2.45, 2.75) is 203 Å². The van der Waals surface area contributed by atoms with Crippen LogP contribution in [0.4, 0.5) is 0 Å². The van der Waals surface area contributed by atoms with Crippen molar-refractivity contribution in [3.05, 3.63) is 12.1 Å². The predicted molar refractivity (Wildman–Crippen MR) is 211 cm³/mol. The van der Waals surface area contributed by atoms with E-state index in [-0.39, 0.29) is 42.1 Å². The normalized spacial score (nSPS) is 34.6. The Morgan fingerprint density at radius 1 is 0.571 bits per heavy atom.